The van der Waals surface area contributed by atoms with E-state index in [1.54, 1.807) is 0 Å². The largest absolute Gasteiger partial charge is 0.314 e. The minimum Gasteiger partial charge on any atom is -0.314 e. The lowest BCUT2D eigenvalue weighted by atomic mass is 10.0. The Hall–Kier alpha value is -0.0400. The first-order valence-electron chi connectivity index (χ1n) is 7.56. The van der Waals surface area contributed by atoms with Crippen LogP contribution in [0.25, 0.3) is 0 Å². The van der Waals surface area contributed by atoms with E-state index < -0.39 is 0 Å². The van der Waals surface area contributed by atoms with Crippen molar-refractivity contribution in [2.24, 2.45) is 5.92 Å². The molecule has 0 aliphatic heterocycles. The highest BCUT2D eigenvalue weighted by Crippen LogP contribution is 2.28. The van der Waals surface area contributed by atoms with Crippen molar-refractivity contribution < 1.29 is 0 Å². The van der Waals surface area contributed by atoms with Crippen LogP contribution in [-0.2, 0) is 0 Å². The van der Waals surface area contributed by atoms with Crippen LogP contribution in [0, 0.1) is 5.92 Å². The molecule has 1 fully saturated rings. The molecule has 0 saturated heterocycles. The summed E-state index contributed by atoms with van der Waals surface area (Å²) in [5.74, 6) is 1.07. The van der Waals surface area contributed by atoms with Gasteiger partial charge >= 0.3 is 0 Å². The van der Waals surface area contributed by atoms with Gasteiger partial charge in [-0.2, -0.15) is 0 Å². The van der Waals surface area contributed by atoms with Gasteiger partial charge in [-0.25, -0.2) is 0 Å². The maximum atomic E-state index is 3.67. The quantitative estimate of drug-likeness (QED) is 0.569. The van der Waals surface area contributed by atoms with Crippen LogP contribution in [0.5, 0.6) is 0 Å². The summed E-state index contributed by atoms with van der Waals surface area (Å²) in [6, 6.07) is 0.732. The van der Waals surface area contributed by atoms with E-state index in [0.29, 0.717) is 0 Å². The van der Waals surface area contributed by atoms with Crippen molar-refractivity contribution in [3.05, 3.63) is 0 Å². The van der Waals surface area contributed by atoms with Crippen molar-refractivity contribution in [2.45, 2.75) is 84.1 Å². The van der Waals surface area contributed by atoms with Crippen LogP contribution in [-0.4, -0.2) is 12.6 Å². The van der Waals surface area contributed by atoms with Gasteiger partial charge in [0.15, 0.2) is 0 Å². The molecule has 0 heterocycles. The fourth-order valence-corrected chi connectivity index (χ4v) is 2.84. The average Bonchev–Trinajstić information content (AvgIpc) is 2.78. The molecule has 16 heavy (non-hydrogen) atoms. The summed E-state index contributed by atoms with van der Waals surface area (Å²) in [6.07, 6.45) is 14.3. The van der Waals surface area contributed by atoms with Gasteiger partial charge < -0.3 is 5.32 Å². The van der Waals surface area contributed by atoms with E-state index in [2.05, 4.69) is 19.2 Å². The standard InChI is InChI=1S/C15H31N/c1-3-4-5-9-14(2)16-13-8-12-15-10-6-7-11-15/h14-16H,3-13H2,1-2H3. The molecular weight excluding hydrogens is 194 g/mol. The molecule has 1 nitrogen and oxygen atoms in total. The highest BCUT2D eigenvalue weighted by atomic mass is 14.9. The van der Waals surface area contributed by atoms with Gasteiger partial charge in [0.1, 0.15) is 0 Å². The first-order chi connectivity index (χ1) is 7.83. The summed E-state index contributed by atoms with van der Waals surface area (Å²) >= 11 is 0. The number of hydrogen-bond donors (Lipinski definition) is 1. The van der Waals surface area contributed by atoms with Crippen LogP contribution in [0.1, 0.15) is 78.1 Å². The van der Waals surface area contributed by atoms with Gasteiger partial charge in [0.05, 0.1) is 0 Å². The maximum absolute atomic E-state index is 3.67. The third-order valence-electron chi connectivity index (χ3n) is 4.00. The molecule has 0 aromatic carbocycles. The second-order valence-electron chi connectivity index (χ2n) is 5.64. The SMILES string of the molecule is CCCCCC(C)NCCCC1CCCC1. The molecule has 1 N–H and O–H groups in total. The molecule has 1 atom stereocenters. The molecule has 0 bridgehead atoms. The third-order valence-corrected chi connectivity index (χ3v) is 4.00. The number of rotatable bonds is 9. The summed E-state index contributed by atoms with van der Waals surface area (Å²) in [7, 11) is 0. The number of hydrogen-bond acceptors (Lipinski definition) is 1. The van der Waals surface area contributed by atoms with E-state index >= 15 is 0 Å². The van der Waals surface area contributed by atoms with Crippen molar-refractivity contribution in [2.75, 3.05) is 6.54 Å². The topological polar surface area (TPSA) is 12.0 Å². The van der Waals surface area contributed by atoms with Crippen LogP contribution in [0.2, 0.25) is 0 Å². The zero-order chi connectivity index (χ0) is 11.6. The van der Waals surface area contributed by atoms with E-state index in [4.69, 9.17) is 0 Å². The van der Waals surface area contributed by atoms with Gasteiger partial charge in [0.25, 0.3) is 0 Å². The average molecular weight is 225 g/mol. The summed E-state index contributed by atoms with van der Waals surface area (Å²) < 4.78 is 0. The van der Waals surface area contributed by atoms with Crippen molar-refractivity contribution in [3.63, 3.8) is 0 Å². The molecule has 0 aromatic heterocycles. The van der Waals surface area contributed by atoms with Crippen molar-refractivity contribution in [3.8, 4) is 0 Å². The van der Waals surface area contributed by atoms with E-state index in [9.17, 15) is 0 Å². The van der Waals surface area contributed by atoms with Gasteiger partial charge in [0, 0.05) is 6.04 Å². The second-order valence-corrected chi connectivity index (χ2v) is 5.64. The molecule has 0 radical (unpaired) electrons. The summed E-state index contributed by atoms with van der Waals surface area (Å²) in [6.45, 7) is 5.86. The lowest BCUT2D eigenvalue weighted by molar-refractivity contribution is 0.437. The molecule has 0 spiro atoms. The van der Waals surface area contributed by atoms with E-state index in [1.807, 2.05) is 0 Å². The Balaban J connectivity index is 1.85. The Kier molecular flexibility index (Phi) is 7.92. The molecule has 1 saturated carbocycles. The Morgan fingerprint density at radius 2 is 1.88 bits per heavy atom. The van der Waals surface area contributed by atoms with E-state index in [1.165, 1.54) is 70.8 Å². The fourth-order valence-electron chi connectivity index (χ4n) is 2.84. The highest BCUT2D eigenvalue weighted by molar-refractivity contribution is 4.68. The zero-order valence-corrected chi connectivity index (χ0v) is 11.4. The predicted octanol–water partition coefficient (Wildman–Crippen LogP) is 4.52. The molecule has 1 aliphatic carbocycles. The third kappa shape index (κ3) is 6.52. The van der Waals surface area contributed by atoms with Crippen molar-refractivity contribution >= 4 is 0 Å². The molecule has 1 unspecified atom stereocenters. The second kappa shape index (κ2) is 9.04. The first-order valence-corrected chi connectivity index (χ1v) is 7.56. The van der Waals surface area contributed by atoms with Crippen LogP contribution in [0.15, 0.2) is 0 Å². The van der Waals surface area contributed by atoms with Crippen LogP contribution in [0.4, 0.5) is 0 Å². The Labute approximate surface area is 102 Å². The number of unbranched alkanes of at least 4 members (excludes halogenated alkanes) is 2. The first kappa shape index (κ1) is 14.0. The normalized spacial score (nSPS) is 19.1. The predicted molar refractivity (Wildman–Crippen MR) is 72.8 cm³/mol. The molecule has 1 heteroatoms. The Bertz CT molecular complexity index is 150. The van der Waals surface area contributed by atoms with E-state index in [-0.39, 0.29) is 0 Å². The van der Waals surface area contributed by atoms with Gasteiger partial charge in [-0.1, -0.05) is 51.9 Å². The summed E-state index contributed by atoms with van der Waals surface area (Å²) in [5, 5.41) is 3.67. The molecule has 0 amide bonds. The highest BCUT2D eigenvalue weighted by Gasteiger charge is 2.13. The van der Waals surface area contributed by atoms with Crippen LogP contribution in [0.3, 0.4) is 0 Å². The van der Waals surface area contributed by atoms with Gasteiger partial charge in [-0.15, -0.1) is 0 Å². The van der Waals surface area contributed by atoms with Crippen molar-refractivity contribution in [1.82, 2.24) is 5.32 Å². The minimum atomic E-state index is 0.732. The molecule has 0 aromatic rings. The summed E-state index contributed by atoms with van der Waals surface area (Å²) in [5.41, 5.74) is 0. The van der Waals surface area contributed by atoms with Gasteiger partial charge in [-0.05, 0) is 38.6 Å². The fraction of sp³-hybridized carbons (Fsp3) is 1.00. The monoisotopic (exact) mass is 225 g/mol. The smallest absolute Gasteiger partial charge is 0.00387 e. The lowest BCUT2D eigenvalue weighted by Crippen LogP contribution is -2.27. The maximum Gasteiger partial charge on any atom is 0.00387 e. The summed E-state index contributed by atoms with van der Waals surface area (Å²) in [4.78, 5) is 0. The van der Waals surface area contributed by atoms with Crippen LogP contribution >= 0.6 is 0 Å². The van der Waals surface area contributed by atoms with E-state index in [0.717, 1.165) is 12.0 Å². The zero-order valence-electron chi connectivity index (χ0n) is 11.4. The Morgan fingerprint density at radius 1 is 1.12 bits per heavy atom. The molecule has 1 aliphatic rings. The van der Waals surface area contributed by atoms with Gasteiger partial charge in [0.2, 0.25) is 0 Å². The minimum absolute atomic E-state index is 0.732. The molecular formula is C15H31N. The van der Waals surface area contributed by atoms with Gasteiger partial charge in [-0.3, -0.25) is 0 Å². The molecule has 1 rings (SSSR count). The van der Waals surface area contributed by atoms with Crippen molar-refractivity contribution in [1.29, 1.82) is 0 Å². The lowest BCUT2D eigenvalue weighted by Gasteiger charge is -2.14. The Morgan fingerprint density at radius 3 is 2.56 bits per heavy atom. The van der Waals surface area contributed by atoms with Crippen LogP contribution < -0.4 is 5.32 Å². The number of nitrogens with one attached hydrogen (secondary N) is 1. The molecule has 96 valence electrons.